The second-order valence-corrected chi connectivity index (χ2v) is 7.78. The molecule has 0 bridgehead atoms. The molecule has 1 aromatic carbocycles. The van der Waals surface area contributed by atoms with Crippen molar-refractivity contribution in [2.24, 2.45) is 0 Å². The molecule has 0 unspecified atom stereocenters. The van der Waals surface area contributed by atoms with Crippen LogP contribution in [0.1, 0.15) is 25.7 Å². The van der Waals surface area contributed by atoms with E-state index in [1.165, 1.54) is 0 Å². The Kier molecular flexibility index (Phi) is 3.51. The number of benzene rings is 1. The first-order valence-corrected chi connectivity index (χ1v) is 9.13. The van der Waals surface area contributed by atoms with Crippen LogP contribution in [0, 0.1) is 0 Å². The maximum absolute atomic E-state index is 13.0. The van der Waals surface area contributed by atoms with Crippen LogP contribution in [0.25, 0.3) is 0 Å². The molecule has 0 radical (unpaired) electrons. The normalized spacial score (nSPS) is 28.4. The molecule has 120 valence electrons. The zero-order valence-electron chi connectivity index (χ0n) is 12.2. The summed E-state index contributed by atoms with van der Waals surface area (Å²) >= 11 is 0. The van der Waals surface area contributed by atoms with Crippen molar-refractivity contribution in [3.8, 4) is 11.5 Å². The number of hydrogen-bond donors (Lipinski definition) is 0. The summed E-state index contributed by atoms with van der Waals surface area (Å²) < 4.78 is 44.0. The summed E-state index contributed by atoms with van der Waals surface area (Å²) in [7, 11) is -3.54. The monoisotopic (exact) mass is 325 g/mol. The van der Waals surface area contributed by atoms with Gasteiger partial charge in [-0.1, -0.05) is 12.8 Å². The van der Waals surface area contributed by atoms with Crippen LogP contribution in [0.15, 0.2) is 23.1 Å². The molecule has 3 aliphatic rings. The molecular formula is C15H19NO5S. The van der Waals surface area contributed by atoms with Crippen LogP contribution in [-0.4, -0.2) is 44.8 Å². The lowest BCUT2D eigenvalue weighted by atomic mass is 9.91. The van der Waals surface area contributed by atoms with Gasteiger partial charge in [0.05, 0.1) is 23.6 Å². The molecular weight excluding hydrogens is 306 g/mol. The summed E-state index contributed by atoms with van der Waals surface area (Å²) in [5.41, 5.74) is 0. The van der Waals surface area contributed by atoms with Gasteiger partial charge in [0.25, 0.3) is 0 Å². The maximum Gasteiger partial charge on any atom is 0.243 e. The Morgan fingerprint density at radius 3 is 2.82 bits per heavy atom. The van der Waals surface area contributed by atoms with Crippen molar-refractivity contribution < 1.29 is 22.6 Å². The third-order valence-corrected chi connectivity index (χ3v) is 6.55. The maximum atomic E-state index is 13.0. The Morgan fingerprint density at radius 2 is 1.91 bits per heavy atom. The number of hydrogen-bond acceptors (Lipinski definition) is 5. The van der Waals surface area contributed by atoms with Gasteiger partial charge in [-0.3, -0.25) is 0 Å². The van der Waals surface area contributed by atoms with Crippen molar-refractivity contribution >= 4 is 10.0 Å². The van der Waals surface area contributed by atoms with Crippen molar-refractivity contribution in [2.75, 3.05) is 19.9 Å². The molecule has 1 saturated carbocycles. The standard InChI is InChI=1S/C15H19NO5S/c17-22(18,11-5-6-14-15(9-11)21-10-20-14)16-7-8-19-13-4-2-1-3-12(13)16/h5-6,9,12-13H,1-4,7-8,10H2/t12-,13-/m0/s1. The Morgan fingerprint density at radius 1 is 1.09 bits per heavy atom. The summed E-state index contributed by atoms with van der Waals surface area (Å²) in [4.78, 5) is 0.267. The Bertz CT molecular complexity index is 673. The molecule has 2 aliphatic heterocycles. The highest BCUT2D eigenvalue weighted by molar-refractivity contribution is 7.89. The van der Waals surface area contributed by atoms with Gasteiger partial charge < -0.3 is 14.2 Å². The van der Waals surface area contributed by atoms with E-state index >= 15 is 0 Å². The zero-order chi connectivity index (χ0) is 15.2. The van der Waals surface area contributed by atoms with E-state index in [0.717, 1.165) is 25.7 Å². The third-order valence-electron chi connectivity index (χ3n) is 4.63. The number of ether oxygens (including phenoxy) is 3. The summed E-state index contributed by atoms with van der Waals surface area (Å²) in [5, 5.41) is 0. The topological polar surface area (TPSA) is 65.1 Å². The first-order chi connectivity index (χ1) is 10.7. The molecule has 6 nitrogen and oxygen atoms in total. The van der Waals surface area contributed by atoms with Crippen molar-refractivity contribution in [3.05, 3.63) is 18.2 Å². The molecule has 2 fully saturated rings. The number of morpholine rings is 1. The van der Waals surface area contributed by atoms with Crippen molar-refractivity contribution in [1.82, 2.24) is 4.31 Å². The fraction of sp³-hybridized carbons (Fsp3) is 0.600. The molecule has 0 amide bonds. The molecule has 7 heteroatoms. The largest absolute Gasteiger partial charge is 0.454 e. The highest BCUT2D eigenvalue weighted by Gasteiger charge is 2.41. The Balaban J connectivity index is 1.67. The molecule has 2 atom stereocenters. The summed E-state index contributed by atoms with van der Waals surface area (Å²) in [6, 6.07) is 4.77. The van der Waals surface area contributed by atoms with E-state index in [0.29, 0.717) is 24.7 Å². The number of fused-ring (bicyclic) bond motifs is 2. The van der Waals surface area contributed by atoms with Crippen molar-refractivity contribution in [1.29, 1.82) is 0 Å². The predicted octanol–water partition coefficient (Wildman–Crippen LogP) is 1.75. The van der Waals surface area contributed by atoms with Gasteiger partial charge in [-0.25, -0.2) is 8.42 Å². The lowest BCUT2D eigenvalue weighted by Gasteiger charge is -2.42. The summed E-state index contributed by atoms with van der Waals surface area (Å²) in [5.74, 6) is 1.09. The van der Waals surface area contributed by atoms with Gasteiger partial charge in [-0.2, -0.15) is 4.31 Å². The van der Waals surface area contributed by atoms with Crippen LogP contribution in [0.4, 0.5) is 0 Å². The minimum Gasteiger partial charge on any atom is -0.454 e. The first-order valence-electron chi connectivity index (χ1n) is 7.69. The Labute approximate surface area is 130 Å². The molecule has 1 saturated heterocycles. The highest BCUT2D eigenvalue weighted by atomic mass is 32.2. The van der Waals surface area contributed by atoms with E-state index in [9.17, 15) is 8.42 Å². The van der Waals surface area contributed by atoms with Gasteiger partial charge in [-0.05, 0) is 25.0 Å². The predicted molar refractivity (Wildman–Crippen MR) is 78.5 cm³/mol. The fourth-order valence-corrected chi connectivity index (χ4v) is 5.21. The number of rotatable bonds is 2. The second kappa shape index (κ2) is 5.40. The SMILES string of the molecule is O=S(=O)(c1ccc2c(c1)OCO2)N1CCO[C@H]2CCCC[C@@H]21. The van der Waals surface area contributed by atoms with Crippen LogP contribution in [0.2, 0.25) is 0 Å². The minimum atomic E-state index is -3.54. The average molecular weight is 325 g/mol. The van der Waals surface area contributed by atoms with E-state index in [-0.39, 0.29) is 23.8 Å². The Hall–Kier alpha value is -1.31. The number of nitrogens with zero attached hydrogens (tertiary/aromatic N) is 1. The van der Waals surface area contributed by atoms with Crippen molar-refractivity contribution in [2.45, 2.75) is 42.7 Å². The molecule has 2 heterocycles. The quantitative estimate of drug-likeness (QED) is 0.829. The molecule has 22 heavy (non-hydrogen) atoms. The molecule has 0 spiro atoms. The van der Waals surface area contributed by atoms with Crippen LogP contribution in [-0.2, 0) is 14.8 Å². The van der Waals surface area contributed by atoms with Crippen LogP contribution < -0.4 is 9.47 Å². The minimum absolute atomic E-state index is 0.0336. The summed E-state index contributed by atoms with van der Waals surface area (Å²) in [6.07, 6.45) is 4.01. The molecule has 0 N–H and O–H groups in total. The van der Waals surface area contributed by atoms with Gasteiger partial charge in [0, 0.05) is 12.6 Å². The molecule has 0 aromatic heterocycles. The zero-order valence-corrected chi connectivity index (χ0v) is 13.0. The molecule has 1 aromatic rings. The second-order valence-electron chi connectivity index (χ2n) is 5.89. The lowest BCUT2D eigenvalue weighted by molar-refractivity contribution is -0.0586. The van der Waals surface area contributed by atoms with Crippen molar-refractivity contribution in [3.63, 3.8) is 0 Å². The van der Waals surface area contributed by atoms with E-state index in [1.807, 2.05) is 0 Å². The van der Waals surface area contributed by atoms with E-state index in [4.69, 9.17) is 14.2 Å². The van der Waals surface area contributed by atoms with Gasteiger partial charge >= 0.3 is 0 Å². The van der Waals surface area contributed by atoms with E-state index < -0.39 is 10.0 Å². The molecule has 1 aliphatic carbocycles. The fourth-order valence-electron chi connectivity index (χ4n) is 3.53. The highest BCUT2D eigenvalue weighted by Crippen LogP contribution is 2.37. The van der Waals surface area contributed by atoms with Gasteiger partial charge in [0.1, 0.15) is 0 Å². The van der Waals surface area contributed by atoms with Crippen LogP contribution in [0.5, 0.6) is 11.5 Å². The first kappa shape index (κ1) is 14.3. The van der Waals surface area contributed by atoms with Crippen LogP contribution in [0.3, 0.4) is 0 Å². The van der Waals surface area contributed by atoms with Gasteiger partial charge in [0.15, 0.2) is 11.5 Å². The average Bonchev–Trinajstić information content (AvgIpc) is 3.02. The lowest BCUT2D eigenvalue weighted by Crippen LogP contribution is -2.54. The smallest absolute Gasteiger partial charge is 0.243 e. The third kappa shape index (κ3) is 2.28. The van der Waals surface area contributed by atoms with E-state index in [1.54, 1.807) is 22.5 Å². The van der Waals surface area contributed by atoms with Gasteiger partial charge in [-0.15, -0.1) is 0 Å². The molecule has 4 rings (SSSR count). The van der Waals surface area contributed by atoms with E-state index in [2.05, 4.69) is 0 Å². The van der Waals surface area contributed by atoms with Crippen LogP contribution >= 0.6 is 0 Å². The van der Waals surface area contributed by atoms with Gasteiger partial charge in [0.2, 0.25) is 16.8 Å². The number of sulfonamides is 1. The summed E-state index contributed by atoms with van der Waals surface area (Å²) in [6.45, 7) is 1.02.